The molecule has 2 fully saturated rings. The van der Waals surface area contributed by atoms with E-state index in [0.29, 0.717) is 5.41 Å². The Morgan fingerprint density at radius 3 is 2.46 bits per heavy atom. The number of hydrogen-bond donors (Lipinski definition) is 0. The van der Waals surface area contributed by atoms with Gasteiger partial charge < -0.3 is 4.90 Å². The first-order chi connectivity index (χ1) is 6.05. The quantitative estimate of drug-likeness (QED) is 0.692. The van der Waals surface area contributed by atoms with E-state index in [0.717, 1.165) is 10.7 Å². The van der Waals surface area contributed by atoms with Crippen LogP contribution in [0.4, 0.5) is 0 Å². The molecule has 1 saturated heterocycles. The van der Waals surface area contributed by atoms with Crippen LogP contribution in [0.3, 0.4) is 0 Å². The average molecular weight is 246 g/mol. The molecule has 0 atom stereocenters. The first-order valence-electron chi connectivity index (χ1n) is 5.34. The molecule has 0 aromatic carbocycles. The molecule has 2 rings (SSSR count). The van der Waals surface area contributed by atoms with Gasteiger partial charge in [0.05, 0.1) is 0 Å². The minimum Gasteiger partial charge on any atom is -0.302 e. The Balaban J connectivity index is 1.83. The number of hydrogen-bond acceptors (Lipinski definition) is 1. The highest BCUT2D eigenvalue weighted by molar-refractivity contribution is 9.09. The minimum atomic E-state index is 0.445. The Bertz CT molecular complexity index is 196. The molecule has 1 saturated carbocycles. The fourth-order valence-electron chi connectivity index (χ4n) is 2.40. The molecule has 13 heavy (non-hydrogen) atoms. The van der Waals surface area contributed by atoms with Crippen molar-refractivity contribution in [3.05, 3.63) is 0 Å². The Labute approximate surface area is 90.0 Å². The molecule has 2 heteroatoms. The van der Waals surface area contributed by atoms with E-state index in [9.17, 15) is 0 Å². The first-order valence-corrected chi connectivity index (χ1v) is 6.46. The summed E-state index contributed by atoms with van der Waals surface area (Å²) in [5, 5.41) is 1.11. The van der Waals surface area contributed by atoms with Crippen LogP contribution in [-0.4, -0.2) is 29.9 Å². The minimum absolute atomic E-state index is 0.445. The largest absolute Gasteiger partial charge is 0.302 e. The molecule has 0 aromatic rings. The predicted molar refractivity (Wildman–Crippen MR) is 60.3 cm³/mol. The Morgan fingerprint density at radius 1 is 1.31 bits per heavy atom. The number of halogens is 1. The maximum atomic E-state index is 3.60. The van der Waals surface area contributed by atoms with E-state index >= 15 is 0 Å². The fourth-order valence-corrected chi connectivity index (χ4v) is 2.57. The Hall–Kier alpha value is 0.440. The van der Waals surface area contributed by atoms with Crippen molar-refractivity contribution in [3.63, 3.8) is 0 Å². The van der Waals surface area contributed by atoms with Gasteiger partial charge in [-0.3, -0.25) is 0 Å². The maximum Gasteiger partial charge on any atom is 0.00949 e. The summed E-state index contributed by atoms with van der Waals surface area (Å²) in [7, 11) is 0. The lowest BCUT2D eigenvalue weighted by Gasteiger charge is -2.28. The second kappa shape index (κ2) is 3.23. The monoisotopic (exact) mass is 245 g/mol. The van der Waals surface area contributed by atoms with Crippen LogP contribution in [0.2, 0.25) is 0 Å². The second-order valence-corrected chi connectivity index (χ2v) is 6.32. The van der Waals surface area contributed by atoms with Gasteiger partial charge in [-0.15, -0.1) is 0 Å². The molecular weight excluding hydrogens is 226 g/mol. The summed E-state index contributed by atoms with van der Waals surface area (Å²) in [6.07, 6.45) is 4.46. The van der Waals surface area contributed by atoms with Crippen molar-refractivity contribution in [1.29, 1.82) is 0 Å². The first kappa shape index (κ1) is 9.97. The van der Waals surface area contributed by atoms with Crippen molar-refractivity contribution in [3.8, 4) is 0 Å². The van der Waals surface area contributed by atoms with Gasteiger partial charge in [0.15, 0.2) is 0 Å². The van der Waals surface area contributed by atoms with E-state index in [1.54, 1.807) is 0 Å². The van der Waals surface area contributed by atoms with Crippen LogP contribution in [0, 0.1) is 10.8 Å². The van der Waals surface area contributed by atoms with Crippen LogP contribution in [0.15, 0.2) is 0 Å². The van der Waals surface area contributed by atoms with Gasteiger partial charge in [0.25, 0.3) is 0 Å². The highest BCUT2D eigenvalue weighted by Gasteiger charge is 2.47. The van der Waals surface area contributed by atoms with E-state index in [4.69, 9.17) is 0 Å². The number of likely N-dealkylation sites (tertiary alicyclic amines) is 1. The molecule has 0 unspecified atom stereocenters. The van der Waals surface area contributed by atoms with Crippen molar-refractivity contribution in [2.24, 2.45) is 10.8 Å². The zero-order valence-corrected chi connectivity index (χ0v) is 10.4. The molecule has 0 radical (unpaired) electrons. The van der Waals surface area contributed by atoms with Crippen molar-refractivity contribution in [2.45, 2.75) is 33.1 Å². The van der Waals surface area contributed by atoms with Crippen LogP contribution >= 0.6 is 15.9 Å². The van der Waals surface area contributed by atoms with Crippen molar-refractivity contribution in [1.82, 2.24) is 4.90 Å². The second-order valence-electron chi connectivity index (χ2n) is 5.76. The van der Waals surface area contributed by atoms with Crippen molar-refractivity contribution >= 4 is 15.9 Å². The van der Waals surface area contributed by atoms with Gasteiger partial charge in [-0.25, -0.2) is 0 Å². The van der Waals surface area contributed by atoms with Crippen LogP contribution in [-0.2, 0) is 0 Å². The molecule has 1 aliphatic carbocycles. The summed E-state index contributed by atoms with van der Waals surface area (Å²) in [5.41, 5.74) is 1.24. The molecule has 1 nitrogen and oxygen atoms in total. The van der Waals surface area contributed by atoms with Gasteiger partial charge in [0.1, 0.15) is 0 Å². The maximum absolute atomic E-state index is 3.60. The topological polar surface area (TPSA) is 3.24 Å². The molecule has 0 amide bonds. The van der Waals surface area contributed by atoms with Gasteiger partial charge in [-0.2, -0.15) is 0 Å². The number of alkyl halides is 1. The van der Waals surface area contributed by atoms with E-state index in [1.807, 2.05) is 0 Å². The normalized spacial score (nSPS) is 27.0. The van der Waals surface area contributed by atoms with Gasteiger partial charge in [-0.1, -0.05) is 29.8 Å². The third-order valence-corrected chi connectivity index (χ3v) is 5.01. The molecule has 2 aliphatic rings. The summed E-state index contributed by atoms with van der Waals surface area (Å²) >= 11 is 3.60. The van der Waals surface area contributed by atoms with Gasteiger partial charge >= 0.3 is 0 Å². The average Bonchev–Trinajstić information content (AvgIpc) is 2.69. The highest BCUT2D eigenvalue weighted by atomic mass is 79.9. The smallest absolute Gasteiger partial charge is 0.00949 e. The van der Waals surface area contributed by atoms with Crippen LogP contribution in [0.25, 0.3) is 0 Å². The standard InChI is InChI=1S/C11H20BrN/c1-10(2,7-12)8-13-6-5-11(9-13)3-4-11/h3-9H2,1-2H3. The fraction of sp³-hybridized carbons (Fsp3) is 1.00. The van der Waals surface area contributed by atoms with Gasteiger partial charge in [0.2, 0.25) is 0 Å². The van der Waals surface area contributed by atoms with E-state index in [-0.39, 0.29) is 0 Å². The van der Waals surface area contributed by atoms with Crippen LogP contribution in [0.1, 0.15) is 33.1 Å². The van der Waals surface area contributed by atoms with Crippen LogP contribution in [0.5, 0.6) is 0 Å². The summed E-state index contributed by atoms with van der Waals surface area (Å²) in [6.45, 7) is 8.68. The molecule has 0 N–H and O–H groups in total. The summed E-state index contributed by atoms with van der Waals surface area (Å²) in [4.78, 5) is 2.66. The number of nitrogens with zero attached hydrogens (tertiary/aromatic N) is 1. The summed E-state index contributed by atoms with van der Waals surface area (Å²) in [6, 6.07) is 0. The predicted octanol–water partition coefficient (Wildman–Crippen LogP) is 2.89. The Morgan fingerprint density at radius 2 is 2.00 bits per heavy atom. The van der Waals surface area contributed by atoms with Crippen molar-refractivity contribution in [2.75, 3.05) is 25.0 Å². The molecule has 0 bridgehead atoms. The lowest BCUT2D eigenvalue weighted by atomic mass is 9.96. The van der Waals surface area contributed by atoms with E-state index in [1.165, 1.54) is 38.9 Å². The van der Waals surface area contributed by atoms with E-state index in [2.05, 4.69) is 34.7 Å². The summed E-state index contributed by atoms with van der Waals surface area (Å²) in [5.74, 6) is 0. The zero-order chi connectivity index (χ0) is 9.53. The third kappa shape index (κ3) is 2.27. The zero-order valence-electron chi connectivity index (χ0n) is 8.77. The van der Waals surface area contributed by atoms with E-state index < -0.39 is 0 Å². The van der Waals surface area contributed by atoms with Gasteiger partial charge in [-0.05, 0) is 36.6 Å². The third-order valence-electron chi connectivity index (χ3n) is 3.49. The highest BCUT2D eigenvalue weighted by Crippen LogP contribution is 2.52. The molecule has 76 valence electrons. The van der Waals surface area contributed by atoms with Gasteiger partial charge in [0, 0.05) is 18.4 Å². The van der Waals surface area contributed by atoms with Crippen LogP contribution < -0.4 is 0 Å². The molecular formula is C11H20BrN. The molecule has 1 spiro atoms. The SMILES string of the molecule is CC(C)(CBr)CN1CCC2(CC2)C1. The molecule has 1 heterocycles. The van der Waals surface area contributed by atoms with Crippen molar-refractivity contribution < 1.29 is 0 Å². The molecule has 0 aromatic heterocycles. The number of rotatable bonds is 3. The summed E-state index contributed by atoms with van der Waals surface area (Å²) < 4.78 is 0. The lowest BCUT2D eigenvalue weighted by Crippen LogP contribution is -2.33. The Kier molecular flexibility index (Phi) is 2.48. The lowest BCUT2D eigenvalue weighted by molar-refractivity contribution is 0.224. The molecule has 1 aliphatic heterocycles.